The standard InChI is InChI=1S/C14H14N4/c1-9-7-13(15-2)18-14(17-9)11-3-4-12-10(8-11)5-6-16-12/h3-8,16H,1-2H3,(H,15,17,18). The summed E-state index contributed by atoms with van der Waals surface area (Å²) in [6.07, 6.45) is 1.94. The van der Waals surface area contributed by atoms with E-state index in [0.717, 1.165) is 28.4 Å². The first-order valence-electron chi connectivity index (χ1n) is 5.87. The second-order valence-corrected chi connectivity index (χ2v) is 4.25. The van der Waals surface area contributed by atoms with E-state index in [9.17, 15) is 0 Å². The minimum absolute atomic E-state index is 0.752. The number of H-pyrrole nitrogens is 1. The Morgan fingerprint density at radius 3 is 2.83 bits per heavy atom. The number of fused-ring (bicyclic) bond motifs is 1. The van der Waals surface area contributed by atoms with Crippen LogP contribution in [0.15, 0.2) is 36.5 Å². The molecule has 0 aliphatic heterocycles. The molecular weight excluding hydrogens is 224 g/mol. The van der Waals surface area contributed by atoms with Crippen molar-refractivity contribution in [3.05, 3.63) is 42.2 Å². The third-order valence-corrected chi connectivity index (χ3v) is 2.92. The lowest BCUT2D eigenvalue weighted by molar-refractivity contribution is 1.11. The van der Waals surface area contributed by atoms with Crippen molar-refractivity contribution in [2.75, 3.05) is 12.4 Å². The van der Waals surface area contributed by atoms with Gasteiger partial charge in [-0.3, -0.25) is 0 Å². The molecule has 1 aromatic carbocycles. The Morgan fingerprint density at radius 2 is 2.00 bits per heavy atom. The average molecular weight is 238 g/mol. The van der Waals surface area contributed by atoms with Crippen LogP contribution >= 0.6 is 0 Å². The molecule has 18 heavy (non-hydrogen) atoms. The van der Waals surface area contributed by atoms with E-state index in [0.29, 0.717) is 0 Å². The molecule has 0 bridgehead atoms. The molecule has 0 saturated heterocycles. The molecule has 0 unspecified atom stereocenters. The fraction of sp³-hybridized carbons (Fsp3) is 0.143. The highest BCUT2D eigenvalue weighted by molar-refractivity contribution is 5.83. The number of aromatic amines is 1. The van der Waals surface area contributed by atoms with E-state index in [1.54, 1.807) is 0 Å². The van der Waals surface area contributed by atoms with E-state index < -0.39 is 0 Å². The monoisotopic (exact) mass is 238 g/mol. The number of rotatable bonds is 2. The molecule has 4 heteroatoms. The van der Waals surface area contributed by atoms with Gasteiger partial charge < -0.3 is 10.3 Å². The molecule has 0 atom stereocenters. The Balaban J connectivity index is 2.15. The lowest BCUT2D eigenvalue weighted by Gasteiger charge is -2.05. The minimum Gasteiger partial charge on any atom is -0.373 e. The lowest BCUT2D eigenvalue weighted by atomic mass is 10.1. The fourth-order valence-electron chi connectivity index (χ4n) is 2.02. The van der Waals surface area contributed by atoms with Gasteiger partial charge >= 0.3 is 0 Å². The number of hydrogen-bond donors (Lipinski definition) is 2. The summed E-state index contributed by atoms with van der Waals surface area (Å²) < 4.78 is 0. The van der Waals surface area contributed by atoms with E-state index in [2.05, 4.69) is 32.4 Å². The maximum absolute atomic E-state index is 4.48. The van der Waals surface area contributed by atoms with Gasteiger partial charge in [-0.2, -0.15) is 0 Å². The van der Waals surface area contributed by atoms with Crippen molar-refractivity contribution in [1.29, 1.82) is 0 Å². The molecule has 4 nitrogen and oxygen atoms in total. The fourth-order valence-corrected chi connectivity index (χ4v) is 2.02. The Labute approximate surface area is 105 Å². The molecule has 2 N–H and O–H groups in total. The van der Waals surface area contributed by atoms with E-state index in [4.69, 9.17) is 0 Å². The van der Waals surface area contributed by atoms with Gasteiger partial charge in [0.05, 0.1) is 0 Å². The molecule has 2 heterocycles. The first-order chi connectivity index (χ1) is 8.76. The maximum Gasteiger partial charge on any atom is 0.161 e. The van der Waals surface area contributed by atoms with E-state index in [1.807, 2.05) is 38.4 Å². The van der Waals surface area contributed by atoms with Crippen molar-refractivity contribution < 1.29 is 0 Å². The summed E-state index contributed by atoms with van der Waals surface area (Å²) in [6.45, 7) is 1.97. The van der Waals surface area contributed by atoms with Gasteiger partial charge in [0.1, 0.15) is 5.82 Å². The zero-order valence-corrected chi connectivity index (χ0v) is 10.4. The molecule has 3 aromatic rings. The van der Waals surface area contributed by atoms with Gasteiger partial charge in [-0.15, -0.1) is 0 Å². The number of aryl methyl sites for hydroxylation is 1. The van der Waals surface area contributed by atoms with E-state index >= 15 is 0 Å². The Hall–Kier alpha value is -2.36. The summed E-state index contributed by atoms with van der Waals surface area (Å²) in [4.78, 5) is 12.1. The predicted molar refractivity (Wildman–Crippen MR) is 73.6 cm³/mol. The molecule has 0 saturated carbocycles. The van der Waals surface area contributed by atoms with Crippen molar-refractivity contribution in [3.63, 3.8) is 0 Å². The summed E-state index contributed by atoms with van der Waals surface area (Å²) in [7, 11) is 1.86. The molecule has 90 valence electrons. The number of nitrogens with one attached hydrogen (secondary N) is 2. The summed E-state index contributed by atoms with van der Waals surface area (Å²) in [6, 6.07) is 10.2. The van der Waals surface area contributed by atoms with Gasteiger partial charge in [-0.05, 0) is 31.2 Å². The molecule has 3 rings (SSSR count). The molecular formula is C14H14N4. The summed E-state index contributed by atoms with van der Waals surface area (Å²) in [5, 5.41) is 4.22. The van der Waals surface area contributed by atoms with Crippen molar-refractivity contribution in [2.45, 2.75) is 6.92 Å². The Morgan fingerprint density at radius 1 is 1.11 bits per heavy atom. The highest BCUT2D eigenvalue weighted by Gasteiger charge is 2.05. The highest BCUT2D eigenvalue weighted by atomic mass is 15.0. The lowest BCUT2D eigenvalue weighted by Crippen LogP contribution is -1.98. The normalized spacial score (nSPS) is 10.8. The quantitative estimate of drug-likeness (QED) is 0.721. The summed E-state index contributed by atoms with van der Waals surface area (Å²) in [5.74, 6) is 1.59. The number of hydrogen-bond acceptors (Lipinski definition) is 3. The number of aromatic nitrogens is 3. The first kappa shape index (κ1) is 10.8. The highest BCUT2D eigenvalue weighted by Crippen LogP contribution is 2.22. The van der Waals surface area contributed by atoms with Crippen LogP contribution in [0, 0.1) is 6.92 Å². The average Bonchev–Trinajstić information content (AvgIpc) is 2.85. The Kier molecular flexibility index (Phi) is 2.48. The third kappa shape index (κ3) is 1.82. The van der Waals surface area contributed by atoms with Crippen LogP contribution < -0.4 is 5.32 Å². The molecule has 0 radical (unpaired) electrons. The molecule has 2 aromatic heterocycles. The van der Waals surface area contributed by atoms with Crippen LogP contribution in [-0.2, 0) is 0 Å². The molecule has 0 spiro atoms. The molecule has 0 amide bonds. The minimum atomic E-state index is 0.752. The summed E-state index contributed by atoms with van der Waals surface area (Å²) >= 11 is 0. The van der Waals surface area contributed by atoms with Gasteiger partial charge in [-0.1, -0.05) is 0 Å². The van der Waals surface area contributed by atoms with Gasteiger partial charge in [-0.25, -0.2) is 9.97 Å². The SMILES string of the molecule is CNc1cc(C)nc(-c2ccc3[nH]ccc3c2)n1. The van der Waals surface area contributed by atoms with Crippen LogP contribution in [0.3, 0.4) is 0 Å². The number of benzene rings is 1. The molecule has 0 fully saturated rings. The summed E-state index contributed by atoms with van der Waals surface area (Å²) in [5.41, 5.74) is 3.11. The zero-order chi connectivity index (χ0) is 12.5. The van der Waals surface area contributed by atoms with Gasteiger partial charge in [0.2, 0.25) is 0 Å². The predicted octanol–water partition coefficient (Wildman–Crippen LogP) is 2.98. The maximum atomic E-state index is 4.48. The van der Waals surface area contributed by atoms with Crippen LogP contribution in [0.2, 0.25) is 0 Å². The largest absolute Gasteiger partial charge is 0.373 e. The van der Waals surface area contributed by atoms with Crippen LogP contribution in [-0.4, -0.2) is 22.0 Å². The van der Waals surface area contributed by atoms with E-state index in [1.165, 1.54) is 5.39 Å². The Bertz CT molecular complexity index is 700. The van der Waals surface area contributed by atoms with E-state index in [-0.39, 0.29) is 0 Å². The van der Waals surface area contributed by atoms with Crippen LogP contribution in [0.5, 0.6) is 0 Å². The molecule has 0 aliphatic rings. The van der Waals surface area contributed by atoms with Crippen LogP contribution in [0.4, 0.5) is 5.82 Å². The van der Waals surface area contributed by atoms with Gasteiger partial charge in [0.25, 0.3) is 0 Å². The van der Waals surface area contributed by atoms with Crippen LogP contribution in [0.1, 0.15) is 5.69 Å². The van der Waals surface area contributed by atoms with Crippen LogP contribution in [0.25, 0.3) is 22.3 Å². The number of anilines is 1. The zero-order valence-electron chi connectivity index (χ0n) is 10.4. The topological polar surface area (TPSA) is 53.6 Å². The van der Waals surface area contributed by atoms with Gasteiger partial charge in [0, 0.05) is 41.5 Å². The first-order valence-corrected chi connectivity index (χ1v) is 5.87. The van der Waals surface area contributed by atoms with Crippen molar-refractivity contribution in [2.24, 2.45) is 0 Å². The smallest absolute Gasteiger partial charge is 0.161 e. The second-order valence-electron chi connectivity index (χ2n) is 4.25. The molecule has 0 aliphatic carbocycles. The third-order valence-electron chi connectivity index (χ3n) is 2.92. The van der Waals surface area contributed by atoms with Crippen molar-refractivity contribution in [3.8, 4) is 11.4 Å². The van der Waals surface area contributed by atoms with Gasteiger partial charge in [0.15, 0.2) is 5.82 Å². The van der Waals surface area contributed by atoms with Crippen molar-refractivity contribution >= 4 is 16.7 Å². The van der Waals surface area contributed by atoms with Crippen molar-refractivity contribution in [1.82, 2.24) is 15.0 Å². The second kappa shape index (κ2) is 4.14. The number of nitrogens with zero attached hydrogens (tertiary/aromatic N) is 2.